The van der Waals surface area contributed by atoms with Crippen LogP contribution in [0.3, 0.4) is 0 Å². The molecule has 0 N–H and O–H groups in total. The van der Waals surface area contributed by atoms with Crippen molar-refractivity contribution in [2.75, 3.05) is 40.5 Å². The number of ether oxygens (including phenoxy) is 3. The normalized spacial score (nSPS) is 10.3. The number of benzene rings is 1. The molecule has 22 heavy (non-hydrogen) atoms. The minimum absolute atomic E-state index is 0.0735. The first-order valence-corrected chi connectivity index (χ1v) is 6.72. The van der Waals surface area contributed by atoms with Gasteiger partial charge in [0.2, 0.25) is 0 Å². The number of hydrogen-bond acceptors (Lipinski definition) is 6. The SMILES string of the molecule is COCCN(CCOC)C(=O)OCc1ccccc1[N+](=O)[O-]. The lowest BCUT2D eigenvalue weighted by Crippen LogP contribution is -2.36. The Morgan fingerprint density at radius 1 is 1.18 bits per heavy atom. The van der Waals surface area contributed by atoms with Gasteiger partial charge in [-0.25, -0.2) is 4.79 Å². The van der Waals surface area contributed by atoms with Crippen LogP contribution in [0.5, 0.6) is 0 Å². The number of nitro groups is 1. The summed E-state index contributed by atoms with van der Waals surface area (Å²) in [5, 5.41) is 10.9. The van der Waals surface area contributed by atoms with Crippen molar-refractivity contribution in [1.82, 2.24) is 4.90 Å². The Morgan fingerprint density at radius 3 is 2.32 bits per heavy atom. The van der Waals surface area contributed by atoms with Crippen LogP contribution < -0.4 is 0 Å². The molecule has 0 unspecified atom stereocenters. The maximum atomic E-state index is 12.0. The molecular weight excluding hydrogens is 292 g/mol. The first-order chi connectivity index (χ1) is 10.6. The number of hydrogen-bond donors (Lipinski definition) is 0. The highest BCUT2D eigenvalue weighted by molar-refractivity contribution is 5.67. The summed E-state index contributed by atoms with van der Waals surface area (Å²) in [5.41, 5.74) is 0.273. The fourth-order valence-electron chi connectivity index (χ4n) is 1.74. The maximum absolute atomic E-state index is 12.0. The number of carbonyl (C=O) groups excluding carboxylic acids is 1. The second kappa shape index (κ2) is 9.69. The summed E-state index contributed by atoms with van der Waals surface area (Å²) in [5.74, 6) is 0. The number of methoxy groups -OCH3 is 2. The molecule has 0 aliphatic carbocycles. The number of amides is 1. The van der Waals surface area contributed by atoms with Gasteiger partial charge in [-0.3, -0.25) is 10.1 Å². The molecule has 1 amide bonds. The lowest BCUT2D eigenvalue weighted by atomic mass is 10.2. The van der Waals surface area contributed by atoms with Gasteiger partial charge in [-0.15, -0.1) is 0 Å². The lowest BCUT2D eigenvalue weighted by Gasteiger charge is -2.21. The minimum Gasteiger partial charge on any atom is -0.444 e. The van der Waals surface area contributed by atoms with Crippen LogP contribution in [0.1, 0.15) is 5.56 Å². The summed E-state index contributed by atoms with van der Waals surface area (Å²) in [6.45, 7) is 1.28. The van der Waals surface area contributed by atoms with Crippen LogP contribution in [0.25, 0.3) is 0 Å². The predicted molar refractivity (Wildman–Crippen MR) is 78.6 cm³/mol. The molecule has 1 rings (SSSR count). The van der Waals surface area contributed by atoms with Crippen molar-refractivity contribution >= 4 is 11.8 Å². The van der Waals surface area contributed by atoms with E-state index in [0.717, 1.165) is 0 Å². The number of carbonyl (C=O) groups is 1. The van der Waals surface area contributed by atoms with E-state index >= 15 is 0 Å². The van der Waals surface area contributed by atoms with Gasteiger partial charge in [0.1, 0.15) is 6.61 Å². The summed E-state index contributed by atoms with van der Waals surface area (Å²) >= 11 is 0. The summed E-state index contributed by atoms with van der Waals surface area (Å²) in [6, 6.07) is 6.15. The number of rotatable bonds is 9. The minimum atomic E-state index is -0.563. The van der Waals surface area contributed by atoms with E-state index in [4.69, 9.17) is 14.2 Å². The van der Waals surface area contributed by atoms with E-state index in [2.05, 4.69) is 0 Å². The fourth-order valence-corrected chi connectivity index (χ4v) is 1.74. The van der Waals surface area contributed by atoms with Crippen LogP contribution in [0.2, 0.25) is 0 Å². The van der Waals surface area contributed by atoms with E-state index in [-0.39, 0.29) is 12.3 Å². The van der Waals surface area contributed by atoms with Crippen molar-refractivity contribution in [3.05, 3.63) is 39.9 Å². The van der Waals surface area contributed by atoms with E-state index < -0.39 is 11.0 Å². The summed E-state index contributed by atoms with van der Waals surface area (Å²) in [6.07, 6.45) is -0.563. The first kappa shape index (κ1) is 17.9. The molecule has 1 aromatic carbocycles. The standard InChI is InChI=1S/C14H20N2O6/c1-20-9-7-15(8-10-21-2)14(17)22-11-12-5-3-4-6-13(12)16(18)19/h3-6H,7-11H2,1-2H3. The zero-order chi connectivity index (χ0) is 16.4. The smallest absolute Gasteiger partial charge is 0.410 e. The summed E-state index contributed by atoms with van der Waals surface area (Å²) in [7, 11) is 3.07. The van der Waals surface area contributed by atoms with E-state index in [1.54, 1.807) is 18.2 Å². The number of nitro benzene ring substituents is 1. The highest BCUT2D eigenvalue weighted by Crippen LogP contribution is 2.18. The second-order valence-electron chi connectivity index (χ2n) is 4.41. The molecule has 0 saturated heterocycles. The van der Waals surface area contributed by atoms with Crippen molar-refractivity contribution in [3.63, 3.8) is 0 Å². The maximum Gasteiger partial charge on any atom is 0.410 e. The highest BCUT2D eigenvalue weighted by atomic mass is 16.6. The van der Waals surface area contributed by atoms with Crippen molar-refractivity contribution in [2.45, 2.75) is 6.61 Å². The van der Waals surface area contributed by atoms with Crippen LogP contribution in [0.4, 0.5) is 10.5 Å². The molecule has 0 bridgehead atoms. The van der Waals surface area contributed by atoms with Crippen molar-refractivity contribution in [1.29, 1.82) is 0 Å². The summed E-state index contributed by atoms with van der Waals surface area (Å²) < 4.78 is 15.0. The van der Waals surface area contributed by atoms with Gasteiger partial charge in [-0.05, 0) is 6.07 Å². The molecule has 0 aliphatic heterocycles. The fraction of sp³-hybridized carbons (Fsp3) is 0.500. The molecule has 0 atom stereocenters. The van der Waals surface area contributed by atoms with Gasteiger partial charge in [0.05, 0.1) is 23.7 Å². The Labute approximate surface area is 128 Å². The molecule has 122 valence electrons. The van der Waals surface area contributed by atoms with Crippen LogP contribution in [0.15, 0.2) is 24.3 Å². The van der Waals surface area contributed by atoms with Gasteiger partial charge in [0, 0.05) is 33.4 Å². The Kier molecular flexibility index (Phi) is 7.87. The van der Waals surface area contributed by atoms with E-state index in [1.807, 2.05) is 0 Å². The van der Waals surface area contributed by atoms with Crippen molar-refractivity contribution < 1.29 is 23.9 Å². The average Bonchev–Trinajstić information content (AvgIpc) is 2.53. The Bertz CT molecular complexity index is 486. The van der Waals surface area contributed by atoms with Crippen molar-refractivity contribution in [3.8, 4) is 0 Å². The summed E-state index contributed by atoms with van der Waals surface area (Å²) in [4.78, 5) is 23.9. The number of para-hydroxylation sites is 1. The van der Waals surface area contributed by atoms with Crippen LogP contribution in [-0.2, 0) is 20.8 Å². The molecule has 0 spiro atoms. The molecule has 0 saturated carbocycles. The molecule has 1 aromatic rings. The molecule has 0 aromatic heterocycles. The van der Waals surface area contributed by atoms with Gasteiger partial charge < -0.3 is 19.1 Å². The molecule has 0 aliphatic rings. The van der Waals surface area contributed by atoms with Crippen LogP contribution in [-0.4, -0.2) is 56.4 Å². The largest absolute Gasteiger partial charge is 0.444 e. The third-order valence-corrected chi connectivity index (χ3v) is 2.93. The van der Waals surface area contributed by atoms with E-state index in [0.29, 0.717) is 31.9 Å². The van der Waals surface area contributed by atoms with Gasteiger partial charge in [-0.2, -0.15) is 0 Å². The van der Waals surface area contributed by atoms with Gasteiger partial charge in [0.15, 0.2) is 0 Å². The molecule has 8 nitrogen and oxygen atoms in total. The van der Waals surface area contributed by atoms with Crippen molar-refractivity contribution in [2.24, 2.45) is 0 Å². The second-order valence-corrected chi connectivity index (χ2v) is 4.41. The molecular formula is C14H20N2O6. The number of nitrogens with zero attached hydrogens (tertiary/aromatic N) is 2. The van der Waals surface area contributed by atoms with E-state index in [9.17, 15) is 14.9 Å². The Balaban J connectivity index is 2.63. The van der Waals surface area contributed by atoms with Crippen LogP contribution in [0, 0.1) is 10.1 Å². The third kappa shape index (κ3) is 5.66. The monoisotopic (exact) mass is 312 g/mol. The van der Waals surface area contributed by atoms with E-state index in [1.165, 1.54) is 25.2 Å². The molecule has 8 heteroatoms. The topological polar surface area (TPSA) is 91.1 Å². The highest BCUT2D eigenvalue weighted by Gasteiger charge is 2.18. The zero-order valence-corrected chi connectivity index (χ0v) is 12.7. The van der Waals surface area contributed by atoms with Gasteiger partial charge >= 0.3 is 6.09 Å². The lowest BCUT2D eigenvalue weighted by molar-refractivity contribution is -0.385. The Morgan fingerprint density at radius 2 is 1.77 bits per heavy atom. The zero-order valence-electron chi connectivity index (χ0n) is 12.7. The molecule has 0 radical (unpaired) electrons. The van der Waals surface area contributed by atoms with Gasteiger partial charge in [0.25, 0.3) is 5.69 Å². The Hall–Kier alpha value is -2.19. The molecule has 0 fully saturated rings. The average molecular weight is 312 g/mol. The molecule has 0 heterocycles. The third-order valence-electron chi connectivity index (χ3n) is 2.93. The van der Waals surface area contributed by atoms with Crippen LogP contribution >= 0.6 is 0 Å². The quantitative estimate of drug-likeness (QED) is 0.510. The van der Waals surface area contributed by atoms with Gasteiger partial charge in [-0.1, -0.05) is 12.1 Å². The first-order valence-electron chi connectivity index (χ1n) is 6.72. The predicted octanol–water partition coefficient (Wildman–Crippen LogP) is 1.83.